The van der Waals surface area contributed by atoms with Gasteiger partial charge in [-0.15, -0.1) is 0 Å². The molecular weight excluding hydrogens is 134 g/mol. The quantitative estimate of drug-likeness (QED) is 0.524. The van der Waals surface area contributed by atoms with Crippen LogP contribution in [0.3, 0.4) is 0 Å². The number of hydrogen-bond acceptors (Lipinski definition) is 2. The van der Waals surface area contributed by atoms with Crippen molar-refractivity contribution in [2.45, 2.75) is 31.2 Å². The van der Waals surface area contributed by atoms with Crippen molar-refractivity contribution in [3.05, 3.63) is 0 Å². The van der Waals surface area contributed by atoms with E-state index in [4.69, 9.17) is 10.8 Å². The number of carboxylic acid groups (broad SMARTS) is 1. The molecule has 1 saturated carbocycles. The lowest BCUT2D eigenvalue weighted by atomic mass is 10.0. The van der Waals surface area contributed by atoms with E-state index in [1.165, 1.54) is 0 Å². The van der Waals surface area contributed by atoms with Crippen LogP contribution in [0.4, 0.5) is 0 Å². The van der Waals surface area contributed by atoms with E-state index >= 15 is 0 Å². The van der Waals surface area contributed by atoms with Crippen molar-refractivity contribution in [1.29, 1.82) is 0 Å². The van der Waals surface area contributed by atoms with E-state index in [9.17, 15) is 4.79 Å². The van der Waals surface area contributed by atoms with E-state index in [-0.39, 0.29) is 5.48 Å². The van der Waals surface area contributed by atoms with Crippen molar-refractivity contribution in [1.82, 2.24) is 0 Å². The van der Waals surface area contributed by atoms with Gasteiger partial charge < -0.3 is 16.3 Å². The fourth-order valence-corrected chi connectivity index (χ4v) is 1.22. The second kappa shape index (κ2) is 2.98. The van der Waals surface area contributed by atoms with Gasteiger partial charge in [-0.25, -0.2) is 0 Å². The zero-order valence-electron chi connectivity index (χ0n) is 5.76. The Morgan fingerprint density at radius 1 is 1.40 bits per heavy atom. The van der Waals surface area contributed by atoms with Crippen LogP contribution in [0, 0.1) is 0 Å². The molecule has 4 heteroatoms. The second-order valence-corrected chi connectivity index (χ2v) is 2.67. The number of carboxylic acids is 1. The lowest BCUT2D eigenvalue weighted by molar-refractivity contribution is -0.143. The van der Waals surface area contributed by atoms with E-state index in [1.807, 2.05) is 0 Å². The molecule has 60 valence electrons. The molecule has 1 rings (SSSR count). The number of hydrogen-bond donors (Lipinski definition) is 2. The van der Waals surface area contributed by atoms with Gasteiger partial charge in [0.25, 0.3) is 0 Å². The number of nitrogens with two attached hydrogens (primary N) is 1. The standard InChI is InChI=1S/C6H11NO2.H2O/c7-6(5(8)9)3-1-2-4-6;/h1-4,7H2,(H,8,9);1H2. The van der Waals surface area contributed by atoms with Gasteiger partial charge in [0.15, 0.2) is 0 Å². The van der Waals surface area contributed by atoms with Crippen LogP contribution in [-0.2, 0) is 4.79 Å². The Bertz CT molecular complexity index is 129. The molecule has 0 aromatic carbocycles. The molecule has 1 fully saturated rings. The van der Waals surface area contributed by atoms with Gasteiger partial charge in [0.1, 0.15) is 5.54 Å². The monoisotopic (exact) mass is 147 g/mol. The predicted octanol–water partition coefficient (Wildman–Crippen LogP) is -0.482. The number of aliphatic carboxylic acids is 1. The van der Waals surface area contributed by atoms with Crippen molar-refractivity contribution in [2.24, 2.45) is 5.73 Å². The Morgan fingerprint density at radius 3 is 2.00 bits per heavy atom. The SMILES string of the molecule is NC1(C(=O)O)CCCC1.O. The molecule has 0 unspecified atom stereocenters. The van der Waals surface area contributed by atoms with Crippen LogP contribution >= 0.6 is 0 Å². The third-order valence-corrected chi connectivity index (χ3v) is 1.92. The summed E-state index contributed by atoms with van der Waals surface area (Å²) in [7, 11) is 0. The molecule has 0 spiro atoms. The molecule has 1 aliphatic rings. The smallest absolute Gasteiger partial charge is 0.323 e. The number of rotatable bonds is 1. The van der Waals surface area contributed by atoms with Gasteiger partial charge in [-0.3, -0.25) is 4.79 Å². The second-order valence-electron chi connectivity index (χ2n) is 2.67. The first-order chi connectivity index (χ1) is 4.15. The van der Waals surface area contributed by atoms with E-state index in [1.54, 1.807) is 0 Å². The van der Waals surface area contributed by atoms with E-state index in [0.717, 1.165) is 12.8 Å². The molecule has 0 aliphatic heterocycles. The Hall–Kier alpha value is -0.610. The van der Waals surface area contributed by atoms with Gasteiger partial charge >= 0.3 is 5.97 Å². The summed E-state index contributed by atoms with van der Waals surface area (Å²) >= 11 is 0. The molecule has 0 aromatic heterocycles. The Morgan fingerprint density at radius 2 is 1.80 bits per heavy atom. The van der Waals surface area contributed by atoms with Crippen LogP contribution < -0.4 is 5.73 Å². The van der Waals surface area contributed by atoms with Crippen LogP contribution in [-0.4, -0.2) is 22.1 Å². The maximum absolute atomic E-state index is 10.4. The van der Waals surface area contributed by atoms with E-state index in [2.05, 4.69) is 0 Å². The van der Waals surface area contributed by atoms with Gasteiger partial charge in [-0.05, 0) is 12.8 Å². The van der Waals surface area contributed by atoms with Crippen molar-refractivity contribution in [2.75, 3.05) is 0 Å². The lowest BCUT2D eigenvalue weighted by Gasteiger charge is -2.15. The molecule has 0 bridgehead atoms. The van der Waals surface area contributed by atoms with Crippen LogP contribution in [0.25, 0.3) is 0 Å². The van der Waals surface area contributed by atoms with Crippen molar-refractivity contribution >= 4 is 5.97 Å². The molecule has 5 N–H and O–H groups in total. The summed E-state index contributed by atoms with van der Waals surface area (Å²) in [6.07, 6.45) is 3.20. The van der Waals surface area contributed by atoms with Crippen LogP contribution in [0.15, 0.2) is 0 Å². The van der Waals surface area contributed by atoms with Gasteiger partial charge in [0.05, 0.1) is 0 Å². The first-order valence-corrected chi connectivity index (χ1v) is 3.17. The highest BCUT2D eigenvalue weighted by molar-refractivity contribution is 5.78. The minimum Gasteiger partial charge on any atom is -0.480 e. The highest BCUT2D eigenvalue weighted by Crippen LogP contribution is 2.26. The normalized spacial score (nSPS) is 21.7. The van der Waals surface area contributed by atoms with Crippen molar-refractivity contribution in [3.63, 3.8) is 0 Å². The molecule has 0 aromatic rings. The van der Waals surface area contributed by atoms with Gasteiger partial charge in [0, 0.05) is 0 Å². The van der Waals surface area contributed by atoms with Crippen LogP contribution in [0.1, 0.15) is 25.7 Å². The summed E-state index contributed by atoms with van der Waals surface area (Å²) < 4.78 is 0. The number of carbonyl (C=O) groups is 1. The van der Waals surface area contributed by atoms with E-state index < -0.39 is 11.5 Å². The first kappa shape index (κ1) is 9.39. The maximum Gasteiger partial charge on any atom is 0.323 e. The molecule has 0 saturated heterocycles. The Balaban J connectivity index is 0.000000810. The average Bonchev–Trinajstić information content (AvgIpc) is 2.16. The average molecular weight is 147 g/mol. The van der Waals surface area contributed by atoms with Crippen molar-refractivity contribution < 1.29 is 15.4 Å². The lowest BCUT2D eigenvalue weighted by Crippen LogP contribution is -2.44. The minimum atomic E-state index is -0.889. The van der Waals surface area contributed by atoms with Gasteiger partial charge in [-0.1, -0.05) is 12.8 Å². The third-order valence-electron chi connectivity index (χ3n) is 1.92. The maximum atomic E-state index is 10.4. The molecule has 0 heterocycles. The van der Waals surface area contributed by atoms with E-state index in [0.29, 0.717) is 12.8 Å². The molecule has 0 radical (unpaired) electrons. The Labute approximate surface area is 59.3 Å². The molecule has 1 aliphatic carbocycles. The largest absolute Gasteiger partial charge is 0.480 e. The van der Waals surface area contributed by atoms with Gasteiger partial charge in [-0.2, -0.15) is 0 Å². The first-order valence-electron chi connectivity index (χ1n) is 3.17. The summed E-state index contributed by atoms with van der Waals surface area (Å²) in [5.74, 6) is -0.847. The topological polar surface area (TPSA) is 94.8 Å². The summed E-state index contributed by atoms with van der Waals surface area (Å²) in [6.45, 7) is 0. The highest BCUT2D eigenvalue weighted by atomic mass is 16.4. The fraction of sp³-hybridized carbons (Fsp3) is 0.833. The zero-order chi connectivity index (χ0) is 6.91. The zero-order valence-corrected chi connectivity index (χ0v) is 5.76. The van der Waals surface area contributed by atoms with Crippen molar-refractivity contribution in [3.8, 4) is 0 Å². The summed E-state index contributed by atoms with van der Waals surface area (Å²) in [4.78, 5) is 10.4. The highest BCUT2D eigenvalue weighted by Gasteiger charge is 2.36. The summed E-state index contributed by atoms with van der Waals surface area (Å²) in [5, 5.41) is 8.55. The molecule has 0 amide bonds. The molecule has 0 atom stereocenters. The minimum absolute atomic E-state index is 0. The van der Waals surface area contributed by atoms with Gasteiger partial charge in [0.2, 0.25) is 0 Å². The summed E-state index contributed by atoms with van der Waals surface area (Å²) in [6, 6.07) is 0. The molecule has 4 nitrogen and oxygen atoms in total. The predicted molar refractivity (Wildman–Crippen MR) is 36.6 cm³/mol. The Kier molecular flexibility index (Phi) is 2.80. The fourth-order valence-electron chi connectivity index (χ4n) is 1.22. The third kappa shape index (κ3) is 1.46. The van der Waals surface area contributed by atoms with Crippen LogP contribution in [0.2, 0.25) is 0 Å². The molecular formula is C6H13NO3. The molecule has 10 heavy (non-hydrogen) atoms. The van der Waals surface area contributed by atoms with Crippen LogP contribution in [0.5, 0.6) is 0 Å². The summed E-state index contributed by atoms with van der Waals surface area (Å²) in [5.41, 5.74) is 4.61.